The molecular formula is C11H14N4O2S. The smallest absolute Gasteiger partial charge is 0.238 e. The molecule has 7 heteroatoms. The van der Waals surface area contributed by atoms with Gasteiger partial charge >= 0.3 is 0 Å². The summed E-state index contributed by atoms with van der Waals surface area (Å²) in [5, 5.41) is 6.95. The van der Waals surface area contributed by atoms with E-state index in [1.165, 1.54) is 11.8 Å². The van der Waals surface area contributed by atoms with Crippen molar-refractivity contribution < 1.29 is 9.32 Å². The Morgan fingerprint density at radius 1 is 1.61 bits per heavy atom. The number of anilines is 1. The second kappa shape index (κ2) is 5.26. The van der Waals surface area contributed by atoms with Crippen LogP contribution in [0.4, 0.5) is 5.82 Å². The van der Waals surface area contributed by atoms with Gasteiger partial charge in [-0.1, -0.05) is 16.9 Å². The van der Waals surface area contributed by atoms with Crippen molar-refractivity contribution >= 4 is 23.5 Å². The number of thioether (sulfide) groups is 1. The Bertz CT molecular complexity index is 549. The van der Waals surface area contributed by atoms with E-state index < -0.39 is 0 Å². The maximum Gasteiger partial charge on any atom is 0.238 e. The average molecular weight is 266 g/mol. The first-order chi connectivity index (χ1) is 8.56. The van der Waals surface area contributed by atoms with Crippen LogP contribution in [0, 0.1) is 6.92 Å². The monoisotopic (exact) mass is 266 g/mol. The number of carbonyl (C=O) groups is 1. The minimum Gasteiger partial charge on any atom is -0.360 e. The Hall–Kier alpha value is -1.76. The Morgan fingerprint density at radius 3 is 2.94 bits per heavy atom. The molecule has 2 aromatic heterocycles. The van der Waals surface area contributed by atoms with Crippen LogP contribution in [0.2, 0.25) is 0 Å². The van der Waals surface area contributed by atoms with Gasteiger partial charge in [0.05, 0.1) is 5.25 Å². The molecule has 0 spiro atoms. The number of rotatable bonds is 4. The summed E-state index contributed by atoms with van der Waals surface area (Å²) in [5.74, 6) is 0.968. The van der Waals surface area contributed by atoms with Gasteiger partial charge in [0.1, 0.15) is 5.76 Å². The zero-order valence-corrected chi connectivity index (χ0v) is 11.2. The van der Waals surface area contributed by atoms with Crippen LogP contribution < -0.4 is 5.32 Å². The summed E-state index contributed by atoms with van der Waals surface area (Å²) in [4.78, 5) is 16.1. The lowest BCUT2D eigenvalue weighted by Crippen LogP contribution is -2.22. The van der Waals surface area contributed by atoms with Gasteiger partial charge in [0.2, 0.25) is 5.91 Å². The molecular weight excluding hydrogens is 252 g/mol. The summed E-state index contributed by atoms with van der Waals surface area (Å²) < 4.78 is 6.75. The van der Waals surface area contributed by atoms with E-state index in [1.807, 2.05) is 24.7 Å². The number of nitrogens with one attached hydrogen (secondary N) is 1. The zero-order valence-electron chi connectivity index (χ0n) is 10.4. The number of imidazole rings is 1. The summed E-state index contributed by atoms with van der Waals surface area (Å²) in [6.07, 6.45) is 3.54. The number of hydrogen-bond acceptors (Lipinski definition) is 5. The van der Waals surface area contributed by atoms with Crippen molar-refractivity contribution in [1.82, 2.24) is 14.7 Å². The largest absolute Gasteiger partial charge is 0.360 e. The predicted molar refractivity (Wildman–Crippen MR) is 68.4 cm³/mol. The van der Waals surface area contributed by atoms with Gasteiger partial charge in [-0.05, 0) is 13.8 Å². The number of amides is 1. The maximum atomic E-state index is 11.9. The molecule has 1 atom stereocenters. The Morgan fingerprint density at radius 2 is 2.39 bits per heavy atom. The van der Waals surface area contributed by atoms with Crippen molar-refractivity contribution in [3.8, 4) is 0 Å². The molecule has 0 saturated carbocycles. The summed E-state index contributed by atoms with van der Waals surface area (Å²) in [6, 6.07) is 1.68. The summed E-state index contributed by atoms with van der Waals surface area (Å²) >= 11 is 1.39. The van der Waals surface area contributed by atoms with Crippen molar-refractivity contribution in [3.05, 3.63) is 24.2 Å². The molecule has 2 rings (SSSR count). The van der Waals surface area contributed by atoms with Crippen molar-refractivity contribution in [3.63, 3.8) is 0 Å². The molecule has 2 heterocycles. The molecule has 0 fully saturated rings. The molecule has 0 aliphatic heterocycles. The van der Waals surface area contributed by atoms with E-state index in [2.05, 4.69) is 15.5 Å². The molecule has 1 unspecified atom stereocenters. The molecule has 2 aromatic rings. The fraction of sp³-hybridized carbons (Fsp3) is 0.364. The molecule has 6 nitrogen and oxygen atoms in total. The van der Waals surface area contributed by atoms with Gasteiger partial charge < -0.3 is 14.4 Å². The minimum absolute atomic E-state index is 0.128. The van der Waals surface area contributed by atoms with Crippen LogP contribution in [0.3, 0.4) is 0 Å². The van der Waals surface area contributed by atoms with Crippen LogP contribution in [-0.4, -0.2) is 25.9 Å². The van der Waals surface area contributed by atoms with Crippen LogP contribution in [0.5, 0.6) is 0 Å². The van der Waals surface area contributed by atoms with Gasteiger partial charge in [-0.15, -0.1) is 0 Å². The van der Waals surface area contributed by atoms with Crippen LogP contribution in [0.25, 0.3) is 0 Å². The number of hydrogen-bond donors (Lipinski definition) is 1. The van der Waals surface area contributed by atoms with E-state index in [4.69, 9.17) is 4.52 Å². The molecule has 0 aromatic carbocycles. The highest BCUT2D eigenvalue weighted by Crippen LogP contribution is 2.21. The van der Waals surface area contributed by atoms with E-state index in [-0.39, 0.29) is 11.2 Å². The quantitative estimate of drug-likeness (QED) is 0.855. The molecule has 18 heavy (non-hydrogen) atoms. The lowest BCUT2D eigenvalue weighted by molar-refractivity contribution is -0.115. The van der Waals surface area contributed by atoms with Crippen molar-refractivity contribution in [2.75, 3.05) is 5.32 Å². The Labute approximate surface area is 109 Å². The first-order valence-electron chi connectivity index (χ1n) is 5.44. The molecule has 1 amide bonds. The molecule has 0 saturated heterocycles. The van der Waals surface area contributed by atoms with Gasteiger partial charge in [0.15, 0.2) is 11.0 Å². The van der Waals surface area contributed by atoms with E-state index in [0.717, 1.165) is 5.16 Å². The van der Waals surface area contributed by atoms with Crippen molar-refractivity contribution in [1.29, 1.82) is 0 Å². The second-order valence-electron chi connectivity index (χ2n) is 3.89. The fourth-order valence-electron chi connectivity index (χ4n) is 1.33. The Balaban J connectivity index is 1.95. The minimum atomic E-state index is -0.261. The number of aryl methyl sites for hydroxylation is 2. The van der Waals surface area contributed by atoms with Crippen LogP contribution in [0.15, 0.2) is 28.1 Å². The van der Waals surface area contributed by atoms with Crippen molar-refractivity contribution in [2.24, 2.45) is 7.05 Å². The summed E-state index contributed by atoms with van der Waals surface area (Å²) in [7, 11) is 1.89. The Kier molecular flexibility index (Phi) is 3.71. The zero-order chi connectivity index (χ0) is 13.1. The predicted octanol–water partition coefficient (Wildman–Crippen LogP) is 1.84. The van der Waals surface area contributed by atoms with E-state index in [9.17, 15) is 4.79 Å². The highest BCUT2D eigenvalue weighted by Gasteiger charge is 2.17. The average Bonchev–Trinajstić information content (AvgIpc) is 2.89. The van der Waals surface area contributed by atoms with Crippen molar-refractivity contribution in [2.45, 2.75) is 24.3 Å². The maximum absolute atomic E-state index is 11.9. The van der Waals surface area contributed by atoms with E-state index >= 15 is 0 Å². The third kappa shape index (κ3) is 2.92. The highest BCUT2D eigenvalue weighted by atomic mass is 32.2. The second-order valence-corrected chi connectivity index (χ2v) is 5.20. The van der Waals surface area contributed by atoms with Crippen LogP contribution in [0.1, 0.15) is 12.7 Å². The molecule has 0 aliphatic carbocycles. The highest BCUT2D eigenvalue weighted by molar-refractivity contribution is 8.00. The summed E-state index contributed by atoms with van der Waals surface area (Å²) in [6.45, 7) is 3.59. The normalized spacial score (nSPS) is 12.4. The fourth-order valence-corrected chi connectivity index (χ4v) is 2.16. The number of carbonyl (C=O) groups excluding carboxylic acids is 1. The molecule has 1 N–H and O–H groups in total. The number of nitrogens with zero attached hydrogens (tertiary/aromatic N) is 3. The topological polar surface area (TPSA) is 73.0 Å². The third-order valence-electron chi connectivity index (χ3n) is 2.31. The molecule has 96 valence electrons. The standard InChI is InChI=1S/C11H14N4O2S/c1-7-6-9(14-17-7)13-10(16)8(2)18-11-12-4-5-15(11)3/h4-6,8H,1-3H3,(H,13,14,16). The van der Waals surface area contributed by atoms with Crippen LogP contribution >= 0.6 is 11.8 Å². The van der Waals surface area contributed by atoms with Gasteiger partial charge in [0, 0.05) is 25.5 Å². The first kappa shape index (κ1) is 12.7. The molecule has 0 radical (unpaired) electrons. The first-order valence-corrected chi connectivity index (χ1v) is 6.32. The summed E-state index contributed by atoms with van der Waals surface area (Å²) in [5.41, 5.74) is 0. The molecule has 0 bridgehead atoms. The lowest BCUT2D eigenvalue weighted by Gasteiger charge is -2.09. The van der Waals surface area contributed by atoms with E-state index in [0.29, 0.717) is 11.6 Å². The van der Waals surface area contributed by atoms with Gasteiger partial charge in [0.25, 0.3) is 0 Å². The van der Waals surface area contributed by atoms with Gasteiger partial charge in [-0.25, -0.2) is 4.98 Å². The lowest BCUT2D eigenvalue weighted by atomic mass is 10.4. The van der Waals surface area contributed by atoms with Gasteiger partial charge in [-0.2, -0.15) is 0 Å². The number of aromatic nitrogens is 3. The van der Waals surface area contributed by atoms with Gasteiger partial charge in [-0.3, -0.25) is 4.79 Å². The SMILES string of the molecule is Cc1cc(NC(=O)C(C)Sc2nccn2C)no1. The van der Waals surface area contributed by atoms with Crippen LogP contribution in [-0.2, 0) is 11.8 Å². The third-order valence-corrected chi connectivity index (χ3v) is 3.48. The molecule has 0 aliphatic rings. The van der Waals surface area contributed by atoms with E-state index in [1.54, 1.807) is 19.2 Å².